The molecule has 1 amide bonds. The molecular weight excluding hydrogens is 406 g/mol. The van der Waals surface area contributed by atoms with Crippen molar-refractivity contribution in [2.24, 2.45) is 0 Å². The summed E-state index contributed by atoms with van der Waals surface area (Å²) in [5, 5.41) is 7.33. The van der Waals surface area contributed by atoms with Crippen LogP contribution in [0, 0.1) is 0 Å². The van der Waals surface area contributed by atoms with E-state index in [9.17, 15) is 13.2 Å². The first-order valence-corrected chi connectivity index (χ1v) is 11.8. The number of hydrogen-bond donors (Lipinski definition) is 2. The molecule has 2 atom stereocenters. The first-order valence-electron chi connectivity index (χ1n) is 9.17. The van der Waals surface area contributed by atoms with E-state index in [-0.39, 0.29) is 29.5 Å². The zero-order valence-corrected chi connectivity index (χ0v) is 17.4. The van der Waals surface area contributed by atoms with E-state index in [4.69, 9.17) is 23.8 Å². The molecule has 0 radical (unpaired) electrons. The van der Waals surface area contributed by atoms with Crippen LogP contribution in [0.4, 0.5) is 0 Å². The molecule has 1 aromatic rings. The van der Waals surface area contributed by atoms with Crippen molar-refractivity contribution in [3.63, 3.8) is 0 Å². The average Bonchev–Trinajstić information content (AvgIpc) is 3.05. The minimum Gasteiger partial charge on any atom is -0.357 e. The maximum absolute atomic E-state index is 12.0. The molecule has 6 nitrogen and oxygen atoms in total. The van der Waals surface area contributed by atoms with Crippen LogP contribution in [-0.2, 0) is 9.84 Å². The van der Waals surface area contributed by atoms with Crippen LogP contribution in [0.5, 0.6) is 0 Å². The normalized spacial score (nSPS) is 23.1. The largest absolute Gasteiger partial charge is 0.357 e. The van der Waals surface area contributed by atoms with Gasteiger partial charge in [0.1, 0.15) is 0 Å². The highest BCUT2D eigenvalue weighted by atomic mass is 35.5. The van der Waals surface area contributed by atoms with Gasteiger partial charge in [-0.15, -0.1) is 0 Å². The van der Waals surface area contributed by atoms with Gasteiger partial charge >= 0.3 is 0 Å². The maximum atomic E-state index is 12.0. The molecular formula is C18H24ClN3O3S2. The third kappa shape index (κ3) is 5.33. The van der Waals surface area contributed by atoms with Crippen molar-refractivity contribution >= 4 is 44.7 Å². The highest BCUT2D eigenvalue weighted by Crippen LogP contribution is 2.24. The smallest absolute Gasteiger partial charge is 0.251 e. The summed E-state index contributed by atoms with van der Waals surface area (Å²) in [5.74, 6) is 0.289. The van der Waals surface area contributed by atoms with Crippen LogP contribution in [-0.4, -0.2) is 61.0 Å². The molecule has 0 spiro atoms. The van der Waals surface area contributed by atoms with Gasteiger partial charge in [0, 0.05) is 23.7 Å². The van der Waals surface area contributed by atoms with Crippen LogP contribution in [0.2, 0.25) is 5.02 Å². The quantitative estimate of drug-likeness (QED) is 0.486. The number of nitrogens with one attached hydrogen (secondary N) is 2. The SMILES string of the molecule is O=C(NCCCCCCN1C(=S)NC2CS(=O)(=O)CC21)c1ccc(Cl)cc1. The lowest BCUT2D eigenvalue weighted by Gasteiger charge is -2.23. The molecule has 0 aliphatic carbocycles. The number of benzene rings is 1. The Morgan fingerprint density at radius 2 is 1.89 bits per heavy atom. The number of unbranched alkanes of at least 4 members (excludes halogenated alkanes) is 3. The van der Waals surface area contributed by atoms with E-state index in [1.165, 1.54) is 0 Å². The Balaban J connectivity index is 1.30. The lowest BCUT2D eigenvalue weighted by Crippen LogP contribution is -2.37. The summed E-state index contributed by atoms with van der Waals surface area (Å²) >= 11 is 11.2. The van der Waals surface area contributed by atoms with Gasteiger partial charge in [-0.25, -0.2) is 8.42 Å². The van der Waals surface area contributed by atoms with Crippen LogP contribution in [0.1, 0.15) is 36.0 Å². The maximum Gasteiger partial charge on any atom is 0.251 e. The molecule has 148 valence electrons. The molecule has 9 heteroatoms. The van der Waals surface area contributed by atoms with Gasteiger partial charge in [0.05, 0.1) is 23.6 Å². The molecule has 2 saturated heterocycles. The van der Waals surface area contributed by atoms with E-state index >= 15 is 0 Å². The third-order valence-electron chi connectivity index (χ3n) is 5.01. The van der Waals surface area contributed by atoms with Crippen LogP contribution in [0.3, 0.4) is 0 Å². The zero-order valence-electron chi connectivity index (χ0n) is 15.0. The monoisotopic (exact) mass is 429 g/mol. The fraction of sp³-hybridized carbons (Fsp3) is 0.556. The van der Waals surface area contributed by atoms with Crippen LogP contribution >= 0.6 is 23.8 Å². The number of hydrogen-bond acceptors (Lipinski definition) is 4. The summed E-state index contributed by atoms with van der Waals surface area (Å²) in [4.78, 5) is 14.0. The Bertz CT molecular complexity index is 799. The van der Waals surface area contributed by atoms with Gasteiger partial charge in [0.25, 0.3) is 5.91 Å². The van der Waals surface area contributed by atoms with Crippen molar-refractivity contribution in [1.29, 1.82) is 0 Å². The Hall–Kier alpha value is -1.38. The minimum absolute atomic E-state index is 0.0128. The summed E-state index contributed by atoms with van der Waals surface area (Å²) in [6.45, 7) is 1.41. The van der Waals surface area contributed by atoms with Crippen molar-refractivity contribution in [2.75, 3.05) is 24.6 Å². The molecule has 2 N–H and O–H groups in total. The van der Waals surface area contributed by atoms with Crippen molar-refractivity contribution in [3.05, 3.63) is 34.9 Å². The standard InChI is InChI=1S/C18H24ClN3O3S2/c19-14-7-5-13(6-8-14)17(23)20-9-3-1-2-4-10-22-16-12-27(24,25)11-15(16)21-18(22)26/h5-8,15-16H,1-4,9-12H2,(H,20,23)(H,21,26). The van der Waals surface area contributed by atoms with E-state index in [0.29, 0.717) is 22.2 Å². The van der Waals surface area contributed by atoms with Gasteiger partial charge in [-0.1, -0.05) is 24.4 Å². The number of amides is 1. The molecule has 2 unspecified atom stereocenters. The van der Waals surface area contributed by atoms with Crippen LogP contribution in [0.25, 0.3) is 0 Å². The topological polar surface area (TPSA) is 78.5 Å². The second-order valence-corrected chi connectivity index (χ2v) is 10.0. The van der Waals surface area contributed by atoms with E-state index in [0.717, 1.165) is 32.2 Å². The predicted molar refractivity (Wildman–Crippen MR) is 111 cm³/mol. The average molecular weight is 430 g/mol. The van der Waals surface area contributed by atoms with Gasteiger partial charge in [0.2, 0.25) is 0 Å². The fourth-order valence-electron chi connectivity index (χ4n) is 3.60. The van der Waals surface area contributed by atoms with E-state index < -0.39 is 9.84 Å². The molecule has 0 aromatic heterocycles. The van der Waals surface area contributed by atoms with Crippen molar-refractivity contribution < 1.29 is 13.2 Å². The van der Waals surface area contributed by atoms with E-state index in [1.807, 2.05) is 4.90 Å². The first kappa shape index (κ1) is 20.4. The molecule has 1 aromatic carbocycles. The molecule has 0 bridgehead atoms. The summed E-state index contributed by atoms with van der Waals surface area (Å²) in [7, 11) is -2.95. The minimum atomic E-state index is -2.95. The first-order chi connectivity index (χ1) is 12.9. The fourth-order valence-corrected chi connectivity index (χ4v) is 6.02. The van der Waals surface area contributed by atoms with Crippen LogP contribution in [0.15, 0.2) is 24.3 Å². The Morgan fingerprint density at radius 1 is 1.19 bits per heavy atom. The van der Waals surface area contributed by atoms with E-state index in [2.05, 4.69) is 10.6 Å². The van der Waals surface area contributed by atoms with Crippen molar-refractivity contribution in [1.82, 2.24) is 15.5 Å². The van der Waals surface area contributed by atoms with Gasteiger partial charge < -0.3 is 15.5 Å². The molecule has 2 aliphatic rings. The summed E-state index contributed by atoms with van der Waals surface area (Å²) in [6, 6.07) is 6.76. The summed E-state index contributed by atoms with van der Waals surface area (Å²) in [6.07, 6.45) is 3.88. The number of halogens is 1. The number of sulfone groups is 1. The highest BCUT2D eigenvalue weighted by Gasteiger charge is 2.46. The summed E-state index contributed by atoms with van der Waals surface area (Å²) < 4.78 is 23.5. The third-order valence-corrected chi connectivity index (χ3v) is 7.33. The van der Waals surface area contributed by atoms with Gasteiger partial charge in [0.15, 0.2) is 14.9 Å². The zero-order chi connectivity index (χ0) is 19.4. The predicted octanol–water partition coefficient (Wildman–Crippen LogP) is 1.99. The molecule has 2 aliphatic heterocycles. The number of thiocarbonyl (C=S) groups is 1. The van der Waals surface area contributed by atoms with Gasteiger partial charge in [-0.2, -0.15) is 0 Å². The Kier molecular flexibility index (Phi) is 6.60. The molecule has 2 heterocycles. The summed E-state index contributed by atoms with van der Waals surface area (Å²) in [5.41, 5.74) is 0.607. The number of rotatable bonds is 8. The number of carbonyl (C=O) groups is 1. The van der Waals surface area contributed by atoms with E-state index in [1.54, 1.807) is 24.3 Å². The second kappa shape index (κ2) is 8.75. The van der Waals surface area contributed by atoms with Crippen molar-refractivity contribution in [2.45, 2.75) is 37.8 Å². The molecule has 3 rings (SSSR count). The second-order valence-electron chi connectivity index (χ2n) is 7.07. The van der Waals surface area contributed by atoms with Gasteiger partial charge in [-0.05, 0) is 49.3 Å². The number of nitrogens with zero attached hydrogens (tertiary/aromatic N) is 1. The molecule has 27 heavy (non-hydrogen) atoms. The highest BCUT2D eigenvalue weighted by molar-refractivity contribution is 7.91. The number of fused-ring (bicyclic) bond motifs is 1. The van der Waals surface area contributed by atoms with Gasteiger partial charge in [-0.3, -0.25) is 4.79 Å². The van der Waals surface area contributed by atoms with Crippen LogP contribution < -0.4 is 10.6 Å². The molecule has 2 fully saturated rings. The van der Waals surface area contributed by atoms with Crippen molar-refractivity contribution in [3.8, 4) is 0 Å². The number of carbonyl (C=O) groups excluding carboxylic acids is 1. The lowest BCUT2D eigenvalue weighted by molar-refractivity contribution is 0.0953. The Labute approximate surface area is 170 Å². The Morgan fingerprint density at radius 3 is 2.63 bits per heavy atom. The lowest BCUT2D eigenvalue weighted by atomic mass is 10.1. The molecule has 0 saturated carbocycles.